The normalized spacial score (nSPS) is 19.5. The molecule has 1 aliphatic rings. The third-order valence-electron chi connectivity index (χ3n) is 5.38. The molecule has 0 aliphatic carbocycles. The molecule has 2 aromatic carbocycles. The van der Waals surface area contributed by atoms with Crippen molar-refractivity contribution in [1.29, 1.82) is 0 Å². The molecular formula is C23H27FN2O4. The first kappa shape index (κ1) is 21.8. The van der Waals surface area contributed by atoms with E-state index in [4.69, 9.17) is 9.84 Å². The van der Waals surface area contributed by atoms with Crippen LogP contribution in [-0.4, -0.2) is 58.6 Å². The minimum atomic E-state index is -0.888. The van der Waals surface area contributed by atoms with Crippen molar-refractivity contribution in [2.45, 2.75) is 38.9 Å². The van der Waals surface area contributed by atoms with Crippen LogP contribution in [0.1, 0.15) is 25.0 Å². The van der Waals surface area contributed by atoms with Crippen LogP contribution in [-0.2, 0) is 22.6 Å². The number of hydrogen-bond donors (Lipinski definition) is 1. The summed E-state index contributed by atoms with van der Waals surface area (Å²) in [6.45, 7) is 6.08. The zero-order valence-electron chi connectivity index (χ0n) is 17.3. The van der Waals surface area contributed by atoms with Gasteiger partial charge >= 0.3 is 5.97 Å². The van der Waals surface area contributed by atoms with Gasteiger partial charge in [-0.05, 0) is 49.2 Å². The van der Waals surface area contributed by atoms with E-state index < -0.39 is 5.97 Å². The van der Waals surface area contributed by atoms with Gasteiger partial charge in [0.15, 0.2) is 6.61 Å². The van der Waals surface area contributed by atoms with Gasteiger partial charge in [0.25, 0.3) is 5.91 Å². The van der Waals surface area contributed by atoms with E-state index in [9.17, 15) is 14.0 Å². The van der Waals surface area contributed by atoms with E-state index in [-0.39, 0.29) is 36.8 Å². The van der Waals surface area contributed by atoms with Gasteiger partial charge in [0, 0.05) is 31.7 Å². The van der Waals surface area contributed by atoms with Crippen LogP contribution in [0.5, 0.6) is 5.75 Å². The Morgan fingerprint density at radius 2 is 1.63 bits per heavy atom. The summed E-state index contributed by atoms with van der Waals surface area (Å²) in [5, 5.41) is 8.82. The van der Waals surface area contributed by atoms with Crippen molar-refractivity contribution < 1.29 is 23.8 Å². The lowest BCUT2D eigenvalue weighted by atomic mass is 10.1. The van der Waals surface area contributed by atoms with Gasteiger partial charge in [-0.2, -0.15) is 0 Å². The molecule has 0 saturated carbocycles. The third-order valence-corrected chi connectivity index (χ3v) is 5.38. The summed E-state index contributed by atoms with van der Waals surface area (Å²) < 4.78 is 18.7. The smallest absolute Gasteiger partial charge is 0.307 e. The number of hydrogen-bond acceptors (Lipinski definition) is 4. The summed E-state index contributed by atoms with van der Waals surface area (Å²) in [4.78, 5) is 27.6. The Labute approximate surface area is 175 Å². The van der Waals surface area contributed by atoms with E-state index in [1.54, 1.807) is 36.4 Å². The quantitative estimate of drug-likeness (QED) is 0.754. The molecule has 30 heavy (non-hydrogen) atoms. The third kappa shape index (κ3) is 5.79. The number of ether oxygens (including phenoxy) is 1. The van der Waals surface area contributed by atoms with Crippen LogP contribution in [0, 0.1) is 5.82 Å². The molecule has 2 aromatic rings. The first-order chi connectivity index (χ1) is 14.3. The monoisotopic (exact) mass is 414 g/mol. The number of amides is 1. The van der Waals surface area contributed by atoms with E-state index >= 15 is 0 Å². The van der Waals surface area contributed by atoms with Crippen molar-refractivity contribution in [2.75, 3.05) is 19.7 Å². The van der Waals surface area contributed by atoms with Crippen molar-refractivity contribution in [1.82, 2.24) is 9.80 Å². The van der Waals surface area contributed by atoms with Crippen molar-refractivity contribution in [2.24, 2.45) is 0 Å². The van der Waals surface area contributed by atoms with E-state index in [2.05, 4.69) is 11.8 Å². The van der Waals surface area contributed by atoms with Crippen LogP contribution in [0.25, 0.3) is 0 Å². The number of nitrogens with zero attached hydrogens (tertiary/aromatic N) is 2. The fraction of sp³-hybridized carbons (Fsp3) is 0.391. The number of halogens is 1. The largest absolute Gasteiger partial charge is 0.484 e. The summed E-state index contributed by atoms with van der Waals surface area (Å²) in [7, 11) is 0. The second-order valence-electron chi connectivity index (χ2n) is 7.80. The Morgan fingerprint density at radius 3 is 2.27 bits per heavy atom. The molecule has 7 heteroatoms. The number of rotatable bonds is 7. The van der Waals surface area contributed by atoms with Gasteiger partial charge in [-0.25, -0.2) is 4.39 Å². The number of aliphatic carboxylic acids is 1. The Hall–Kier alpha value is -2.93. The molecule has 3 rings (SSSR count). The molecule has 1 fully saturated rings. The van der Waals surface area contributed by atoms with Crippen molar-refractivity contribution >= 4 is 11.9 Å². The summed E-state index contributed by atoms with van der Waals surface area (Å²) in [5.41, 5.74) is 1.73. The number of benzene rings is 2. The number of carbonyl (C=O) groups excluding carboxylic acids is 1. The van der Waals surface area contributed by atoms with E-state index in [1.165, 1.54) is 12.1 Å². The molecule has 1 saturated heterocycles. The maximum atomic E-state index is 13.1. The summed E-state index contributed by atoms with van der Waals surface area (Å²) >= 11 is 0. The van der Waals surface area contributed by atoms with E-state index in [1.807, 2.05) is 11.8 Å². The Bertz CT molecular complexity index is 870. The minimum absolute atomic E-state index is 0.0377. The highest BCUT2D eigenvalue weighted by Gasteiger charge is 2.32. The highest BCUT2D eigenvalue weighted by atomic mass is 19.1. The fourth-order valence-corrected chi connectivity index (χ4v) is 3.70. The fourth-order valence-electron chi connectivity index (χ4n) is 3.70. The zero-order valence-corrected chi connectivity index (χ0v) is 17.3. The van der Waals surface area contributed by atoms with Gasteiger partial charge in [0.05, 0.1) is 6.42 Å². The molecule has 2 unspecified atom stereocenters. The summed E-state index contributed by atoms with van der Waals surface area (Å²) in [5.74, 6) is -0.675. The minimum Gasteiger partial charge on any atom is -0.484 e. The van der Waals surface area contributed by atoms with Crippen LogP contribution >= 0.6 is 0 Å². The molecule has 1 aliphatic heterocycles. The first-order valence-electron chi connectivity index (χ1n) is 10.0. The number of carboxylic acid groups (broad SMARTS) is 1. The lowest BCUT2D eigenvalue weighted by Crippen LogP contribution is -2.58. The van der Waals surface area contributed by atoms with E-state index in [0.29, 0.717) is 24.4 Å². The van der Waals surface area contributed by atoms with Crippen molar-refractivity contribution in [3.8, 4) is 5.75 Å². The van der Waals surface area contributed by atoms with Gasteiger partial charge in [-0.1, -0.05) is 24.3 Å². The van der Waals surface area contributed by atoms with Crippen LogP contribution in [0.15, 0.2) is 48.5 Å². The van der Waals surface area contributed by atoms with E-state index in [0.717, 1.165) is 12.1 Å². The average molecular weight is 414 g/mol. The Kier molecular flexibility index (Phi) is 7.05. The van der Waals surface area contributed by atoms with Gasteiger partial charge in [0.1, 0.15) is 11.6 Å². The number of carbonyl (C=O) groups is 2. The first-order valence-corrected chi connectivity index (χ1v) is 10.0. The lowest BCUT2D eigenvalue weighted by Gasteiger charge is -2.44. The van der Waals surface area contributed by atoms with Crippen LogP contribution < -0.4 is 4.74 Å². The predicted molar refractivity (Wildman–Crippen MR) is 111 cm³/mol. The zero-order chi connectivity index (χ0) is 21.7. The molecular weight excluding hydrogens is 387 g/mol. The molecule has 2 atom stereocenters. The van der Waals surface area contributed by atoms with Crippen LogP contribution in [0.2, 0.25) is 0 Å². The van der Waals surface area contributed by atoms with Crippen molar-refractivity contribution in [3.63, 3.8) is 0 Å². The molecule has 160 valence electrons. The van der Waals surface area contributed by atoms with Crippen molar-refractivity contribution in [3.05, 3.63) is 65.5 Å². The molecule has 1 heterocycles. The van der Waals surface area contributed by atoms with Gasteiger partial charge < -0.3 is 14.7 Å². The van der Waals surface area contributed by atoms with Gasteiger partial charge in [0.2, 0.25) is 0 Å². The molecule has 0 aromatic heterocycles. The summed E-state index contributed by atoms with van der Waals surface area (Å²) in [6.07, 6.45) is -0.0448. The Balaban J connectivity index is 1.52. The maximum Gasteiger partial charge on any atom is 0.307 e. The SMILES string of the molecule is CC1CN(C(=O)COc2ccc(CC(=O)O)cc2)C(C)CN1Cc1ccc(F)cc1. The number of piperazine rings is 1. The Morgan fingerprint density at radius 1 is 1.00 bits per heavy atom. The highest BCUT2D eigenvalue weighted by molar-refractivity contribution is 5.78. The summed E-state index contributed by atoms with van der Waals surface area (Å²) in [6, 6.07) is 13.5. The number of carboxylic acids is 1. The second kappa shape index (κ2) is 9.71. The topological polar surface area (TPSA) is 70.1 Å². The van der Waals surface area contributed by atoms with Crippen LogP contribution in [0.4, 0.5) is 4.39 Å². The predicted octanol–water partition coefficient (Wildman–Crippen LogP) is 2.95. The molecule has 0 spiro atoms. The van der Waals surface area contributed by atoms with Crippen LogP contribution in [0.3, 0.4) is 0 Å². The highest BCUT2D eigenvalue weighted by Crippen LogP contribution is 2.19. The van der Waals surface area contributed by atoms with Gasteiger partial charge in [-0.3, -0.25) is 14.5 Å². The molecule has 6 nitrogen and oxygen atoms in total. The molecule has 0 bridgehead atoms. The standard InChI is InChI=1S/C23H27FN2O4/c1-16-13-26(17(2)12-25(16)14-19-3-7-20(24)8-4-19)22(27)15-30-21-9-5-18(6-10-21)11-23(28)29/h3-10,16-17H,11-15H2,1-2H3,(H,28,29). The average Bonchev–Trinajstić information content (AvgIpc) is 2.71. The second-order valence-corrected chi connectivity index (χ2v) is 7.80. The molecule has 1 N–H and O–H groups in total. The maximum absolute atomic E-state index is 13.1. The molecule has 1 amide bonds. The lowest BCUT2D eigenvalue weighted by molar-refractivity contribution is -0.139. The van der Waals surface area contributed by atoms with Gasteiger partial charge in [-0.15, -0.1) is 0 Å². The molecule has 0 radical (unpaired) electrons.